The highest BCUT2D eigenvalue weighted by atomic mass is 31.2. The summed E-state index contributed by atoms with van der Waals surface area (Å²) in [5.74, 6) is -1.22. The number of aliphatic hydroxyl groups is 4. The number of hydrogen-bond acceptors (Lipinski definition) is 13. The summed E-state index contributed by atoms with van der Waals surface area (Å²) in [5, 5.41) is 41.2. The largest absolute Gasteiger partial charge is 0.472 e. The van der Waals surface area contributed by atoms with Crippen molar-refractivity contribution in [2.45, 2.75) is 224 Å². The highest BCUT2D eigenvalue weighted by molar-refractivity contribution is 7.47. The maximum absolute atomic E-state index is 13.0. The molecule has 1 rings (SSSR count). The second-order valence-corrected chi connectivity index (χ2v) is 18.7. The molecule has 1 aliphatic rings. The first-order chi connectivity index (χ1) is 29.1. The van der Waals surface area contributed by atoms with Crippen molar-refractivity contribution in [1.29, 1.82) is 0 Å². The third kappa shape index (κ3) is 29.5. The fourth-order valence-corrected chi connectivity index (χ4v) is 8.44. The van der Waals surface area contributed by atoms with Gasteiger partial charge in [-0.2, -0.15) is 0 Å². The van der Waals surface area contributed by atoms with Gasteiger partial charge in [0.05, 0.1) is 6.61 Å². The molecule has 0 aromatic rings. The zero-order valence-electron chi connectivity index (χ0n) is 36.8. The maximum atomic E-state index is 13.0. The molecule has 0 spiro atoms. The molecule has 0 amide bonds. The number of carbonyl (C=O) groups excluding carboxylic acids is 2. The number of hydrogen-bond donors (Lipinski definition) is 7. The highest BCUT2D eigenvalue weighted by Crippen LogP contribution is 2.49. The molecule has 0 saturated heterocycles. The van der Waals surface area contributed by atoms with Crippen LogP contribution in [0.1, 0.15) is 181 Å². The van der Waals surface area contributed by atoms with Crippen LogP contribution in [0.15, 0.2) is 24.3 Å². The van der Waals surface area contributed by atoms with Gasteiger partial charge in [0.2, 0.25) is 0 Å². The van der Waals surface area contributed by atoms with Gasteiger partial charge in [0.15, 0.2) is 6.10 Å². The van der Waals surface area contributed by atoms with Gasteiger partial charge in [-0.05, 0) is 64.2 Å². The van der Waals surface area contributed by atoms with Crippen molar-refractivity contribution in [3.63, 3.8) is 0 Å². The Morgan fingerprint density at radius 3 is 1.36 bits per heavy atom. The van der Waals surface area contributed by atoms with E-state index in [4.69, 9.17) is 28.3 Å². The lowest BCUT2D eigenvalue weighted by atomic mass is 9.85. The fourth-order valence-electron chi connectivity index (χ4n) is 6.90. The molecule has 0 radical (unpaired) electrons. The molecule has 0 aromatic heterocycles. The molecule has 61 heavy (non-hydrogen) atoms. The number of carbonyl (C=O) groups is 2. The van der Waals surface area contributed by atoms with Crippen LogP contribution in [0.5, 0.6) is 0 Å². The molecule has 1 fully saturated rings. The summed E-state index contributed by atoms with van der Waals surface area (Å²) in [4.78, 5) is 54.2. The van der Waals surface area contributed by atoms with Crippen molar-refractivity contribution in [1.82, 2.24) is 0 Å². The Bertz CT molecular complexity index is 1290. The molecular weight excluding hydrogens is 834 g/mol. The van der Waals surface area contributed by atoms with Crippen LogP contribution in [0.4, 0.5) is 0 Å². The number of phosphoric acid groups is 2. The van der Waals surface area contributed by atoms with Crippen molar-refractivity contribution in [3.05, 3.63) is 24.3 Å². The molecule has 0 bridgehead atoms. The van der Waals surface area contributed by atoms with E-state index in [9.17, 15) is 44.0 Å². The van der Waals surface area contributed by atoms with Crippen LogP contribution in [-0.4, -0.2) is 103 Å². The molecule has 1 saturated carbocycles. The van der Waals surface area contributed by atoms with Crippen molar-refractivity contribution in [2.24, 2.45) is 0 Å². The average Bonchev–Trinajstić information content (AvgIpc) is 3.21. The van der Waals surface area contributed by atoms with Crippen LogP contribution < -0.4 is 0 Å². The maximum Gasteiger partial charge on any atom is 0.472 e. The molecule has 0 aliphatic heterocycles. The topological polar surface area (TPSA) is 256 Å². The zero-order valence-corrected chi connectivity index (χ0v) is 38.6. The van der Waals surface area contributed by atoms with Gasteiger partial charge < -0.3 is 44.6 Å². The Balaban J connectivity index is 2.63. The van der Waals surface area contributed by atoms with Crippen LogP contribution in [0.3, 0.4) is 0 Å². The van der Waals surface area contributed by atoms with Crippen LogP contribution in [0.2, 0.25) is 0 Å². The number of unbranched alkanes of at least 4 members (excludes halogenated alkanes) is 20. The van der Waals surface area contributed by atoms with Gasteiger partial charge in [-0.1, -0.05) is 128 Å². The van der Waals surface area contributed by atoms with Crippen LogP contribution in [-0.2, 0) is 41.8 Å². The van der Waals surface area contributed by atoms with E-state index in [0.717, 1.165) is 77.0 Å². The third-order valence-corrected chi connectivity index (χ3v) is 12.0. The number of aliphatic hydroxyl groups excluding tert-OH is 4. The quantitative estimate of drug-likeness (QED) is 0.0133. The molecule has 8 atom stereocenters. The van der Waals surface area contributed by atoms with E-state index in [1.54, 1.807) is 0 Å². The normalized spacial score (nSPS) is 22.4. The van der Waals surface area contributed by atoms with Crippen molar-refractivity contribution >= 4 is 27.6 Å². The first kappa shape index (κ1) is 57.5. The summed E-state index contributed by atoms with van der Waals surface area (Å²) in [6, 6.07) is 0. The molecule has 358 valence electrons. The molecule has 0 aromatic carbocycles. The van der Waals surface area contributed by atoms with Gasteiger partial charge in [-0.25, -0.2) is 9.13 Å². The van der Waals surface area contributed by atoms with E-state index in [1.807, 2.05) is 0 Å². The third-order valence-electron chi connectivity index (χ3n) is 10.5. The Kier molecular flexibility index (Phi) is 32.8. The smallest absolute Gasteiger partial charge is 0.462 e. The minimum atomic E-state index is -5.36. The second-order valence-electron chi connectivity index (χ2n) is 16.1. The Labute approximate surface area is 364 Å². The van der Waals surface area contributed by atoms with E-state index in [1.165, 1.54) is 64.2 Å². The lowest BCUT2D eigenvalue weighted by molar-refractivity contribution is -0.216. The van der Waals surface area contributed by atoms with E-state index in [-0.39, 0.29) is 12.8 Å². The van der Waals surface area contributed by atoms with E-state index < -0.39 is 83.5 Å². The van der Waals surface area contributed by atoms with Gasteiger partial charge in [0, 0.05) is 12.8 Å². The zero-order chi connectivity index (χ0) is 45.4. The van der Waals surface area contributed by atoms with Crippen LogP contribution in [0.25, 0.3) is 0 Å². The van der Waals surface area contributed by atoms with Crippen molar-refractivity contribution in [3.8, 4) is 0 Å². The van der Waals surface area contributed by atoms with Gasteiger partial charge >= 0.3 is 27.6 Å². The molecule has 16 nitrogen and oxygen atoms in total. The summed E-state index contributed by atoms with van der Waals surface area (Å²) in [6.45, 7) is 3.07. The van der Waals surface area contributed by atoms with E-state index in [0.29, 0.717) is 12.8 Å². The van der Waals surface area contributed by atoms with Gasteiger partial charge in [-0.15, -0.1) is 0 Å². The van der Waals surface area contributed by atoms with Crippen LogP contribution in [0, 0.1) is 0 Å². The monoisotopic (exact) mass is 914 g/mol. The number of allylic oxidation sites excluding steroid dienone is 4. The van der Waals surface area contributed by atoms with Gasteiger partial charge in [0.25, 0.3) is 0 Å². The Morgan fingerprint density at radius 1 is 0.508 bits per heavy atom. The number of ether oxygens (including phenoxy) is 2. The second kappa shape index (κ2) is 34.8. The predicted octanol–water partition coefficient (Wildman–Crippen LogP) is 8.17. The predicted molar refractivity (Wildman–Crippen MR) is 232 cm³/mol. The summed E-state index contributed by atoms with van der Waals surface area (Å²) >= 11 is 0. The lowest BCUT2D eigenvalue weighted by Gasteiger charge is -2.43. The van der Waals surface area contributed by atoms with E-state index in [2.05, 4.69) is 42.7 Å². The first-order valence-electron chi connectivity index (χ1n) is 22.9. The van der Waals surface area contributed by atoms with Crippen LogP contribution >= 0.6 is 15.6 Å². The Hall–Kier alpha value is -1.52. The average molecular weight is 915 g/mol. The van der Waals surface area contributed by atoms with Gasteiger partial charge in [0.1, 0.15) is 43.2 Å². The molecule has 1 aliphatic carbocycles. The highest BCUT2D eigenvalue weighted by Gasteiger charge is 2.54. The molecule has 7 N–H and O–H groups in total. The summed E-state index contributed by atoms with van der Waals surface area (Å²) < 4.78 is 49.3. The summed E-state index contributed by atoms with van der Waals surface area (Å²) in [6.07, 6.45) is 20.0. The van der Waals surface area contributed by atoms with E-state index >= 15 is 0 Å². The first-order valence-corrected chi connectivity index (χ1v) is 25.9. The summed E-state index contributed by atoms with van der Waals surface area (Å²) in [7, 11) is -10.7. The minimum absolute atomic E-state index is 0.0340. The molecular formula is C43H80O16P2. The number of phosphoric ester groups is 2. The van der Waals surface area contributed by atoms with Gasteiger partial charge in [-0.3, -0.25) is 23.2 Å². The molecule has 5 unspecified atom stereocenters. The molecule has 18 heteroatoms. The Morgan fingerprint density at radius 2 is 0.902 bits per heavy atom. The number of rotatable bonds is 38. The molecule has 0 heterocycles. The standard InChI is InChI=1S/C43H80O16P2/c1-3-5-7-9-11-13-15-17-18-20-22-24-26-28-30-32-37(45)57-35(33-55-36(44)31-29-27-25-23-21-19-16-14-12-10-8-6-4-2)34-56-61(53,54)59-43-40(48)38(46)39(47)42(41(43)49)58-60(50,51)52/h14,16-18,35,38-43,46-49H,3-13,15,19-34H2,1-2H3,(H,53,54)(H2,50,51,52)/t35-,38?,39?,40?,41?,42-,43+/m1/s1. The SMILES string of the molecule is CCCCCCC=CCCCCCCCC(=O)OC[C@H](COP(=O)(O)O[C@H]1C(O)C(O)C(O)[C@@H](OP(=O)(O)O)C1O)OC(=O)CCCCCCCC=CCCCCCCCC. The van der Waals surface area contributed by atoms with Crippen molar-refractivity contribution < 1.29 is 76.9 Å². The fraction of sp³-hybridized carbons (Fsp3) is 0.860. The minimum Gasteiger partial charge on any atom is -0.462 e. The van der Waals surface area contributed by atoms with Crippen molar-refractivity contribution in [2.75, 3.05) is 13.2 Å². The number of esters is 2. The summed E-state index contributed by atoms with van der Waals surface area (Å²) in [5.41, 5.74) is 0. The lowest BCUT2D eigenvalue weighted by Crippen LogP contribution is -2.64.